The van der Waals surface area contributed by atoms with Gasteiger partial charge in [0, 0.05) is 24.9 Å². The number of rotatable bonds is 7. The van der Waals surface area contributed by atoms with Crippen LogP contribution < -0.4 is 10.5 Å². The van der Waals surface area contributed by atoms with Gasteiger partial charge in [-0.05, 0) is 66.6 Å². The fourth-order valence-electron chi connectivity index (χ4n) is 5.35. The van der Waals surface area contributed by atoms with Crippen LogP contribution in [0.2, 0.25) is 0 Å². The number of hydrogen-bond acceptors (Lipinski definition) is 4. The summed E-state index contributed by atoms with van der Waals surface area (Å²) in [5.41, 5.74) is 11.5. The Balaban J connectivity index is 1.49. The van der Waals surface area contributed by atoms with Crippen LogP contribution in [0.3, 0.4) is 0 Å². The van der Waals surface area contributed by atoms with Crippen LogP contribution in [0.4, 0.5) is 0 Å². The molecular formula is C26H33N3O. The van der Waals surface area contributed by atoms with Crippen molar-refractivity contribution < 1.29 is 4.74 Å². The van der Waals surface area contributed by atoms with E-state index >= 15 is 0 Å². The third-order valence-electron chi connectivity index (χ3n) is 6.88. The highest BCUT2D eigenvalue weighted by molar-refractivity contribution is 5.43. The number of hydrogen-bond donors (Lipinski definition) is 1. The fourth-order valence-corrected chi connectivity index (χ4v) is 5.35. The number of unbranched alkanes of at least 4 members (excludes halogenated alkanes) is 1. The van der Waals surface area contributed by atoms with Crippen LogP contribution in [0.25, 0.3) is 0 Å². The van der Waals surface area contributed by atoms with Crippen molar-refractivity contribution in [2.45, 2.75) is 70.0 Å². The van der Waals surface area contributed by atoms with Crippen LogP contribution in [0.1, 0.15) is 67.7 Å². The molecule has 2 aromatic rings. The Morgan fingerprint density at radius 1 is 1.20 bits per heavy atom. The summed E-state index contributed by atoms with van der Waals surface area (Å²) in [5.74, 6) is 0.935. The molecule has 2 aromatic carbocycles. The predicted octanol–water partition coefficient (Wildman–Crippen LogP) is 4.89. The molecule has 2 aliphatic heterocycles. The first-order valence-corrected chi connectivity index (χ1v) is 11.4. The second-order valence-electron chi connectivity index (χ2n) is 8.78. The predicted molar refractivity (Wildman–Crippen MR) is 120 cm³/mol. The van der Waals surface area contributed by atoms with Crippen LogP contribution in [0.15, 0.2) is 42.5 Å². The van der Waals surface area contributed by atoms with Crippen LogP contribution in [-0.4, -0.2) is 24.2 Å². The van der Waals surface area contributed by atoms with E-state index in [4.69, 9.17) is 15.7 Å². The Kier molecular flexibility index (Phi) is 6.41. The van der Waals surface area contributed by atoms with Gasteiger partial charge >= 0.3 is 0 Å². The van der Waals surface area contributed by atoms with Crippen molar-refractivity contribution in [2.75, 3.05) is 13.2 Å². The van der Waals surface area contributed by atoms with E-state index in [1.807, 2.05) is 24.3 Å². The zero-order valence-electron chi connectivity index (χ0n) is 18.1. The van der Waals surface area contributed by atoms with E-state index in [1.165, 1.54) is 55.2 Å². The Labute approximate surface area is 180 Å². The smallest absolute Gasteiger partial charge is 0.119 e. The fraction of sp³-hybridized carbons (Fsp3) is 0.500. The minimum absolute atomic E-state index is 0.101. The summed E-state index contributed by atoms with van der Waals surface area (Å²) in [6.07, 6.45) is 9.25. The van der Waals surface area contributed by atoms with Crippen molar-refractivity contribution in [3.63, 3.8) is 0 Å². The van der Waals surface area contributed by atoms with E-state index in [1.54, 1.807) is 0 Å². The molecule has 0 bridgehead atoms. The molecule has 0 aliphatic carbocycles. The lowest BCUT2D eigenvalue weighted by molar-refractivity contribution is -0.0145. The normalized spacial score (nSPS) is 23.3. The number of benzene rings is 2. The molecule has 2 N–H and O–H groups in total. The first-order valence-electron chi connectivity index (χ1n) is 11.4. The van der Waals surface area contributed by atoms with Crippen molar-refractivity contribution in [1.29, 1.82) is 5.26 Å². The standard InChI is InChI=1S/C26H33N3O/c1-2-3-13-26-14-4-5-15-29(26)25(28)18-22-17-23(10-11-24(22)26)30-16-12-20-6-8-21(19-27)9-7-20/h6-11,17,25H,2-5,12-16,18,28H2,1H3. The summed E-state index contributed by atoms with van der Waals surface area (Å²) in [7, 11) is 0. The van der Waals surface area contributed by atoms with Crippen molar-refractivity contribution in [3.8, 4) is 11.8 Å². The van der Waals surface area contributed by atoms with Gasteiger partial charge in [0.1, 0.15) is 5.75 Å². The number of nitrogens with two attached hydrogens (primary N) is 1. The summed E-state index contributed by atoms with van der Waals surface area (Å²) < 4.78 is 6.10. The second kappa shape index (κ2) is 9.20. The minimum atomic E-state index is 0.101. The summed E-state index contributed by atoms with van der Waals surface area (Å²) in [6.45, 7) is 4.02. The zero-order chi connectivity index (χ0) is 21.0. The van der Waals surface area contributed by atoms with Gasteiger partial charge in [0.15, 0.2) is 0 Å². The third kappa shape index (κ3) is 4.10. The average Bonchev–Trinajstić information content (AvgIpc) is 2.78. The van der Waals surface area contributed by atoms with E-state index in [2.05, 4.69) is 36.1 Å². The highest BCUT2D eigenvalue weighted by atomic mass is 16.5. The van der Waals surface area contributed by atoms with Crippen LogP contribution in [-0.2, 0) is 18.4 Å². The lowest BCUT2D eigenvalue weighted by Crippen LogP contribution is -2.60. The molecule has 0 radical (unpaired) electrons. The molecule has 0 spiro atoms. The molecule has 4 nitrogen and oxygen atoms in total. The van der Waals surface area contributed by atoms with Crippen LogP contribution >= 0.6 is 0 Å². The molecule has 0 saturated carbocycles. The van der Waals surface area contributed by atoms with E-state index < -0.39 is 0 Å². The average molecular weight is 404 g/mol. The maximum atomic E-state index is 8.92. The van der Waals surface area contributed by atoms with Gasteiger partial charge in [-0.3, -0.25) is 4.90 Å². The summed E-state index contributed by atoms with van der Waals surface area (Å²) >= 11 is 0. The van der Waals surface area contributed by atoms with Crippen molar-refractivity contribution in [2.24, 2.45) is 5.73 Å². The number of piperidine rings is 1. The molecule has 2 atom stereocenters. The van der Waals surface area contributed by atoms with Crippen LogP contribution in [0.5, 0.6) is 5.75 Å². The molecule has 1 fully saturated rings. The molecule has 2 heterocycles. The Bertz CT molecular complexity index is 901. The topological polar surface area (TPSA) is 62.3 Å². The Morgan fingerprint density at radius 3 is 2.80 bits per heavy atom. The molecule has 0 amide bonds. The van der Waals surface area contributed by atoms with Gasteiger partial charge in [-0.25, -0.2) is 0 Å². The number of ether oxygens (including phenoxy) is 1. The second-order valence-corrected chi connectivity index (χ2v) is 8.78. The van der Waals surface area contributed by atoms with Crippen molar-refractivity contribution in [3.05, 3.63) is 64.7 Å². The maximum absolute atomic E-state index is 8.92. The van der Waals surface area contributed by atoms with Gasteiger partial charge in [0.25, 0.3) is 0 Å². The number of nitriles is 1. The highest BCUT2D eigenvalue weighted by Crippen LogP contribution is 2.47. The zero-order valence-corrected chi connectivity index (χ0v) is 18.1. The summed E-state index contributed by atoms with van der Waals surface area (Å²) in [4.78, 5) is 2.60. The van der Waals surface area contributed by atoms with E-state index in [-0.39, 0.29) is 11.7 Å². The van der Waals surface area contributed by atoms with Gasteiger partial charge in [-0.2, -0.15) is 5.26 Å². The molecule has 4 rings (SSSR count). The first-order chi connectivity index (χ1) is 14.7. The van der Waals surface area contributed by atoms with E-state index in [0.717, 1.165) is 25.1 Å². The molecular weight excluding hydrogens is 370 g/mol. The van der Waals surface area contributed by atoms with Gasteiger partial charge in [-0.15, -0.1) is 0 Å². The van der Waals surface area contributed by atoms with Gasteiger partial charge in [0.05, 0.1) is 24.4 Å². The number of fused-ring (bicyclic) bond motifs is 3. The lowest BCUT2D eigenvalue weighted by Gasteiger charge is -2.54. The third-order valence-corrected chi connectivity index (χ3v) is 6.88. The van der Waals surface area contributed by atoms with E-state index in [9.17, 15) is 0 Å². The van der Waals surface area contributed by atoms with Gasteiger partial charge < -0.3 is 10.5 Å². The van der Waals surface area contributed by atoms with E-state index in [0.29, 0.717) is 12.2 Å². The molecule has 4 heteroatoms. The van der Waals surface area contributed by atoms with Crippen molar-refractivity contribution in [1.82, 2.24) is 4.90 Å². The highest BCUT2D eigenvalue weighted by Gasteiger charge is 2.46. The lowest BCUT2D eigenvalue weighted by atomic mass is 9.71. The molecule has 1 saturated heterocycles. The Morgan fingerprint density at radius 2 is 2.03 bits per heavy atom. The quantitative estimate of drug-likeness (QED) is 0.715. The van der Waals surface area contributed by atoms with Gasteiger partial charge in [-0.1, -0.05) is 38.0 Å². The van der Waals surface area contributed by atoms with Crippen LogP contribution in [0, 0.1) is 11.3 Å². The monoisotopic (exact) mass is 403 g/mol. The molecule has 30 heavy (non-hydrogen) atoms. The summed E-state index contributed by atoms with van der Waals surface area (Å²) in [5, 5.41) is 8.92. The minimum Gasteiger partial charge on any atom is -0.493 e. The largest absolute Gasteiger partial charge is 0.493 e. The maximum Gasteiger partial charge on any atom is 0.119 e. The molecule has 0 aromatic heterocycles. The molecule has 2 unspecified atom stereocenters. The number of nitrogens with zero attached hydrogens (tertiary/aromatic N) is 2. The first kappa shape index (κ1) is 20.9. The SMILES string of the molecule is CCCCC12CCCCN1C(N)Cc1cc(OCCc3ccc(C#N)cc3)ccc12. The van der Waals surface area contributed by atoms with Crippen molar-refractivity contribution >= 4 is 0 Å². The van der Waals surface area contributed by atoms with Gasteiger partial charge in [0.2, 0.25) is 0 Å². The molecule has 158 valence electrons. The Hall–Kier alpha value is -2.35. The summed E-state index contributed by atoms with van der Waals surface area (Å²) in [6, 6.07) is 16.6. The molecule has 2 aliphatic rings.